The highest BCUT2D eigenvalue weighted by atomic mass is 19.1. The maximum atomic E-state index is 13.0. The minimum Gasteiger partial charge on any atom is -0.332 e. The van der Waals surface area contributed by atoms with Crippen molar-refractivity contribution in [1.29, 1.82) is 5.26 Å². The first-order chi connectivity index (χ1) is 13.6. The number of benzene rings is 1. The first-order valence-electron chi connectivity index (χ1n) is 8.72. The smallest absolute Gasteiger partial charge is 0.282 e. The molecule has 6 nitrogen and oxygen atoms in total. The van der Waals surface area contributed by atoms with E-state index < -0.39 is 11.7 Å². The number of nitriles is 1. The van der Waals surface area contributed by atoms with Gasteiger partial charge >= 0.3 is 0 Å². The van der Waals surface area contributed by atoms with Crippen LogP contribution >= 0.6 is 0 Å². The summed E-state index contributed by atoms with van der Waals surface area (Å²) in [6.07, 6.45) is 5.51. The molecule has 1 aromatic carbocycles. The van der Waals surface area contributed by atoms with Gasteiger partial charge in [-0.2, -0.15) is 10.4 Å². The Morgan fingerprint density at radius 3 is 2.68 bits per heavy atom. The SMILES string of the molecule is C=C(F)C(=O)N1CC(n2nc(/C=C/c3ccc(C#N)cc3)c3cccnc32)C1. The summed E-state index contributed by atoms with van der Waals surface area (Å²) in [7, 11) is 0. The van der Waals surface area contributed by atoms with Gasteiger partial charge in [0.25, 0.3) is 5.91 Å². The van der Waals surface area contributed by atoms with Crippen LogP contribution in [0.2, 0.25) is 0 Å². The summed E-state index contributed by atoms with van der Waals surface area (Å²) in [5.74, 6) is -1.63. The van der Waals surface area contributed by atoms with Gasteiger partial charge in [-0.3, -0.25) is 4.79 Å². The van der Waals surface area contributed by atoms with Crippen molar-refractivity contribution < 1.29 is 9.18 Å². The number of amides is 1. The van der Waals surface area contributed by atoms with E-state index in [1.807, 2.05) is 36.4 Å². The van der Waals surface area contributed by atoms with Crippen LogP contribution < -0.4 is 0 Å². The third kappa shape index (κ3) is 3.16. The zero-order valence-electron chi connectivity index (χ0n) is 14.9. The molecule has 1 amide bonds. The molecule has 1 fully saturated rings. The molecule has 0 unspecified atom stereocenters. The molecule has 2 aromatic heterocycles. The third-order valence-electron chi connectivity index (χ3n) is 4.70. The minimum absolute atomic E-state index is 0.0576. The predicted octanol–water partition coefficient (Wildman–Crippen LogP) is 3.34. The Kier molecular flexibility index (Phi) is 4.45. The second-order valence-electron chi connectivity index (χ2n) is 6.54. The highest BCUT2D eigenvalue weighted by Crippen LogP contribution is 2.28. The zero-order valence-corrected chi connectivity index (χ0v) is 14.9. The summed E-state index contributed by atoms with van der Waals surface area (Å²) in [6.45, 7) is 3.79. The van der Waals surface area contributed by atoms with Crippen LogP contribution in [-0.2, 0) is 4.79 Å². The van der Waals surface area contributed by atoms with Crippen LogP contribution in [0.1, 0.15) is 22.9 Å². The van der Waals surface area contributed by atoms with Crippen LogP contribution in [0.3, 0.4) is 0 Å². The second kappa shape index (κ2) is 7.08. The van der Waals surface area contributed by atoms with Crippen molar-refractivity contribution in [3.63, 3.8) is 0 Å². The Morgan fingerprint density at radius 1 is 1.25 bits per heavy atom. The Balaban J connectivity index is 1.60. The number of pyridine rings is 1. The molecule has 28 heavy (non-hydrogen) atoms. The second-order valence-corrected chi connectivity index (χ2v) is 6.54. The van der Waals surface area contributed by atoms with E-state index in [0.29, 0.717) is 18.7 Å². The van der Waals surface area contributed by atoms with Gasteiger partial charge in [0.15, 0.2) is 11.5 Å². The van der Waals surface area contributed by atoms with E-state index in [9.17, 15) is 9.18 Å². The number of likely N-dealkylation sites (tertiary alicyclic amines) is 1. The molecule has 0 atom stereocenters. The van der Waals surface area contributed by atoms with Crippen molar-refractivity contribution in [2.45, 2.75) is 6.04 Å². The van der Waals surface area contributed by atoms with E-state index in [-0.39, 0.29) is 6.04 Å². The number of fused-ring (bicyclic) bond motifs is 1. The fourth-order valence-corrected chi connectivity index (χ4v) is 3.17. The first kappa shape index (κ1) is 17.6. The average Bonchev–Trinajstić information content (AvgIpc) is 3.04. The summed E-state index contributed by atoms with van der Waals surface area (Å²) < 4.78 is 14.8. The maximum Gasteiger partial charge on any atom is 0.282 e. The van der Waals surface area contributed by atoms with E-state index in [0.717, 1.165) is 22.3 Å². The molecule has 0 saturated carbocycles. The van der Waals surface area contributed by atoms with Gasteiger partial charge in [-0.15, -0.1) is 0 Å². The molecule has 3 aromatic rings. The lowest BCUT2D eigenvalue weighted by molar-refractivity contribution is -0.134. The quantitative estimate of drug-likeness (QED) is 0.658. The normalized spacial score (nSPS) is 14.2. The molecule has 0 spiro atoms. The Bertz CT molecular complexity index is 1130. The average molecular weight is 373 g/mol. The van der Waals surface area contributed by atoms with Gasteiger partial charge in [-0.25, -0.2) is 14.1 Å². The third-order valence-corrected chi connectivity index (χ3v) is 4.70. The van der Waals surface area contributed by atoms with E-state index in [1.54, 1.807) is 23.0 Å². The van der Waals surface area contributed by atoms with Gasteiger partial charge in [0.05, 0.1) is 23.4 Å². The summed E-state index contributed by atoms with van der Waals surface area (Å²) in [4.78, 5) is 17.5. The molecular formula is C21H16FN5O. The number of rotatable bonds is 4. The number of hydrogen-bond donors (Lipinski definition) is 0. The molecule has 138 valence electrons. The van der Waals surface area contributed by atoms with E-state index in [4.69, 9.17) is 5.26 Å². The van der Waals surface area contributed by atoms with Crippen molar-refractivity contribution in [2.75, 3.05) is 13.1 Å². The van der Waals surface area contributed by atoms with Crippen molar-refractivity contribution >= 4 is 29.1 Å². The Hall–Kier alpha value is -3.79. The topological polar surface area (TPSA) is 74.8 Å². The lowest BCUT2D eigenvalue weighted by Gasteiger charge is -2.38. The molecule has 1 saturated heterocycles. The van der Waals surface area contributed by atoms with Gasteiger partial charge in [0, 0.05) is 24.7 Å². The van der Waals surface area contributed by atoms with E-state index in [1.165, 1.54) is 4.90 Å². The number of aromatic nitrogens is 3. The van der Waals surface area contributed by atoms with E-state index in [2.05, 4.69) is 22.7 Å². The lowest BCUT2D eigenvalue weighted by atomic mass is 10.1. The van der Waals surface area contributed by atoms with Crippen LogP contribution in [0, 0.1) is 11.3 Å². The van der Waals surface area contributed by atoms with Crippen LogP contribution in [-0.4, -0.2) is 38.7 Å². The Labute approximate surface area is 160 Å². The van der Waals surface area contributed by atoms with Gasteiger partial charge < -0.3 is 4.90 Å². The molecule has 3 heterocycles. The highest BCUT2D eigenvalue weighted by Gasteiger charge is 2.35. The number of carbonyl (C=O) groups excluding carboxylic acids is 1. The summed E-state index contributed by atoms with van der Waals surface area (Å²) in [6, 6.07) is 13.1. The van der Waals surface area contributed by atoms with Crippen molar-refractivity contribution in [3.8, 4) is 6.07 Å². The number of nitrogens with zero attached hydrogens (tertiary/aromatic N) is 5. The molecular weight excluding hydrogens is 357 g/mol. The molecule has 4 rings (SSSR count). The number of hydrogen-bond acceptors (Lipinski definition) is 4. The highest BCUT2D eigenvalue weighted by molar-refractivity contribution is 5.91. The maximum absolute atomic E-state index is 13.0. The van der Waals surface area contributed by atoms with Crippen molar-refractivity contribution in [2.24, 2.45) is 0 Å². The summed E-state index contributed by atoms with van der Waals surface area (Å²) in [5.41, 5.74) is 3.04. The van der Waals surface area contributed by atoms with E-state index >= 15 is 0 Å². The van der Waals surface area contributed by atoms with Gasteiger partial charge in [0.1, 0.15) is 0 Å². The fourth-order valence-electron chi connectivity index (χ4n) is 3.17. The molecule has 0 aliphatic carbocycles. The minimum atomic E-state index is -0.951. The molecule has 1 aliphatic heterocycles. The fraction of sp³-hybridized carbons (Fsp3) is 0.143. The molecule has 0 radical (unpaired) electrons. The Morgan fingerprint density at radius 2 is 2.00 bits per heavy atom. The van der Waals surface area contributed by atoms with Gasteiger partial charge in [-0.1, -0.05) is 24.8 Å². The summed E-state index contributed by atoms with van der Waals surface area (Å²) in [5, 5.41) is 14.4. The first-order valence-corrected chi connectivity index (χ1v) is 8.72. The molecule has 0 N–H and O–H groups in total. The largest absolute Gasteiger partial charge is 0.332 e. The molecule has 1 aliphatic rings. The lowest BCUT2D eigenvalue weighted by Crippen LogP contribution is -2.51. The number of carbonyl (C=O) groups is 1. The van der Waals surface area contributed by atoms with Crippen LogP contribution in [0.15, 0.2) is 55.0 Å². The predicted molar refractivity (Wildman–Crippen MR) is 103 cm³/mol. The van der Waals surface area contributed by atoms with Gasteiger partial charge in [-0.05, 0) is 35.9 Å². The molecule has 7 heteroatoms. The molecule has 0 bridgehead atoms. The van der Waals surface area contributed by atoms with Crippen molar-refractivity contribution in [3.05, 3.63) is 71.8 Å². The zero-order chi connectivity index (χ0) is 19.7. The van der Waals surface area contributed by atoms with Crippen LogP contribution in [0.4, 0.5) is 4.39 Å². The number of halogens is 1. The summed E-state index contributed by atoms with van der Waals surface area (Å²) >= 11 is 0. The monoisotopic (exact) mass is 373 g/mol. The van der Waals surface area contributed by atoms with Gasteiger partial charge in [0.2, 0.25) is 0 Å². The van der Waals surface area contributed by atoms with Crippen LogP contribution in [0.5, 0.6) is 0 Å². The van der Waals surface area contributed by atoms with Crippen LogP contribution in [0.25, 0.3) is 23.2 Å². The van der Waals surface area contributed by atoms with Crippen molar-refractivity contribution in [1.82, 2.24) is 19.7 Å². The standard InChI is InChI=1S/C21H16FN5O/c1-14(22)21(28)26-12-17(13-26)27-20-18(3-2-10-24-20)19(25-27)9-8-15-4-6-16(11-23)7-5-15/h2-10,17H,1,12-13H2/b9-8+.